The Kier molecular flexibility index (Phi) is 8.63. The highest BCUT2D eigenvalue weighted by molar-refractivity contribution is 5.72. The fraction of sp³-hybridized carbons (Fsp3) is 0.591. The van der Waals surface area contributed by atoms with Crippen molar-refractivity contribution in [3.63, 3.8) is 0 Å². The Morgan fingerprint density at radius 1 is 1.22 bits per heavy atom. The van der Waals surface area contributed by atoms with Crippen LogP contribution in [-0.4, -0.2) is 65.3 Å². The van der Waals surface area contributed by atoms with Gasteiger partial charge in [0, 0.05) is 31.8 Å². The van der Waals surface area contributed by atoms with Crippen molar-refractivity contribution in [2.45, 2.75) is 38.9 Å². The fourth-order valence-electron chi connectivity index (χ4n) is 3.91. The molecule has 1 atom stereocenters. The van der Waals surface area contributed by atoms with Crippen LogP contribution in [-0.2, 0) is 27.0 Å². The first-order valence-electron chi connectivity index (χ1n) is 10.9. The van der Waals surface area contributed by atoms with Gasteiger partial charge in [-0.15, -0.1) is 5.10 Å². The molecule has 1 aromatic carbocycles. The Balaban J connectivity index is 1.43. The number of alkyl halides is 3. The quantitative estimate of drug-likeness (QED) is 0.403. The molecule has 0 spiro atoms. The zero-order chi connectivity index (χ0) is 23.0. The summed E-state index contributed by atoms with van der Waals surface area (Å²) in [5, 5.41) is 7.73. The van der Waals surface area contributed by atoms with Crippen molar-refractivity contribution in [3.05, 3.63) is 36.0 Å². The third-order valence-corrected chi connectivity index (χ3v) is 5.46. The maximum atomic E-state index is 13.3. The SMILES string of the molecule is CCOC(=O)C1CCCN(CCOCCCn2nncc2-c2ccccc2C(F)(F)F)C1. The van der Waals surface area contributed by atoms with Crippen molar-refractivity contribution in [1.82, 2.24) is 19.9 Å². The van der Waals surface area contributed by atoms with Crippen LogP contribution in [0.2, 0.25) is 0 Å². The van der Waals surface area contributed by atoms with Gasteiger partial charge in [0.05, 0.1) is 36.6 Å². The molecular weight excluding hydrogens is 425 g/mol. The molecule has 0 N–H and O–H groups in total. The number of esters is 1. The van der Waals surface area contributed by atoms with Gasteiger partial charge >= 0.3 is 12.1 Å². The Hall–Kier alpha value is -2.46. The van der Waals surface area contributed by atoms with Crippen molar-refractivity contribution in [3.8, 4) is 11.3 Å². The second-order valence-electron chi connectivity index (χ2n) is 7.74. The van der Waals surface area contributed by atoms with Gasteiger partial charge in [-0.25, -0.2) is 4.68 Å². The van der Waals surface area contributed by atoms with Crippen molar-refractivity contribution in [2.24, 2.45) is 5.92 Å². The summed E-state index contributed by atoms with van der Waals surface area (Å²) in [5.74, 6) is -0.206. The van der Waals surface area contributed by atoms with Crippen LogP contribution in [0.4, 0.5) is 13.2 Å². The van der Waals surface area contributed by atoms with E-state index in [1.807, 2.05) is 6.92 Å². The van der Waals surface area contributed by atoms with E-state index in [1.165, 1.54) is 23.0 Å². The molecule has 2 heterocycles. The Morgan fingerprint density at radius 2 is 2.03 bits per heavy atom. The van der Waals surface area contributed by atoms with E-state index in [0.717, 1.165) is 32.0 Å². The van der Waals surface area contributed by atoms with Gasteiger partial charge in [-0.1, -0.05) is 23.4 Å². The second kappa shape index (κ2) is 11.4. The summed E-state index contributed by atoms with van der Waals surface area (Å²) < 4.78 is 52.3. The predicted octanol–water partition coefficient (Wildman–Crippen LogP) is 3.65. The van der Waals surface area contributed by atoms with E-state index < -0.39 is 11.7 Å². The molecule has 7 nitrogen and oxygen atoms in total. The summed E-state index contributed by atoms with van der Waals surface area (Å²) in [4.78, 5) is 14.1. The van der Waals surface area contributed by atoms with Gasteiger partial charge in [-0.3, -0.25) is 4.79 Å². The predicted molar refractivity (Wildman–Crippen MR) is 112 cm³/mol. The molecule has 0 aliphatic carbocycles. The third-order valence-electron chi connectivity index (χ3n) is 5.46. The number of halogens is 3. The van der Waals surface area contributed by atoms with Crippen LogP contribution in [0.15, 0.2) is 30.5 Å². The third kappa shape index (κ3) is 6.52. The van der Waals surface area contributed by atoms with Gasteiger partial charge in [0.1, 0.15) is 0 Å². The molecule has 0 saturated carbocycles. The van der Waals surface area contributed by atoms with Crippen LogP contribution in [0.5, 0.6) is 0 Å². The number of carbonyl (C=O) groups is 1. The zero-order valence-corrected chi connectivity index (χ0v) is 18.2. The largest absolute Gasteiger partial charge is 0.466 e. The van der Waals surface area contributed by atoms with Gasteiger partial charge in [0.25, 0.3) is 0 Å². The monoisotopic (exact) mass is 454 g/mol. The van der Waals surface area contributed by atoms with E-state index in [2.05, 4.69) is 15.2 Å². The van der Waals surface area contributed by atoms with Crippen molar-refractivity contribution < 1.29 is 27.4 Å². The molecule has 2 aromatic rings. The van der Waals surface area contributed by atoms with Crippen LogP contribution in [0.3, 0.4) is 0 Å². The summed E-state index contributed by atoms with van der Waals surface area (Å²) >= 11 is 0. The summed E-state index contributed by atoms with van der Waals surface area (Å²) in [6.07, 6.45) is -0.695. The molecule has 3 rings (SSSR count). The first kappa shape index (κ1) is 24.2. The summed E-state index contributed by atoms with van der Waals surface area (Å²) in [5.41, 5.74) is -0.314. The molecule has 0 radical (unpaired) electrons. The zero-order valence-electron chi connectivity index (χ0n) is 18.2. The van der Waals surface area contributed by atoms with Gasteiger partial charge in [-0.2, -0.15) is 13.2 Å². The van der Waals surface area contributed by atoms with Gasteiger partial charge in [-0.05, 0) is 38.8 Å². The van der Waals surface area contributed by atoms with Crippen LogP contribution in [0, 0.1) is 5.92 Å². The minimum absolute atomic E-state index is 0.0622. The van der Waals surface area contributed by atoms with Crippen molar-refractivity contribution in [1.29, 1.82) is 0 Å². The van der Waals surface area contributed by atoms with Gasteiger partial charge in [0.2, 0.25) is 0 Å². The minimum atomic E-state index is -4.45. The van der Waals surface area contributed by atoms with E-state index in [9.17, 15) is 18.0 Å². The van der Waals surface area contributed by atoms with Crippen LogP contribution >= 0.6 is 0 Å². The maximum Gasteiger partial charge on any atom is 0.417 e. The minimum Gasteiger partial charge on any atom is -0.466 e. The number of benzene rings is 1. The van der Waals surface area contributed by atoms with E-state index in [-0.39, 0.29) is 17.5 Å². The second-order valence-corrected chi connectivity index (χ2v) is 7.74. The Morgan fingerprint density at radius 3 is 2.81 bits per heavy atom. The normalized spacial score (nSPS) is 17.4. The highest BCUT2D eigenvalue weighted by Gasteiger charge is 2.34. The average molecular weight is 454 g/mol. The molecule has 176 valence electrons. The van der Waals surface area contributed by atoms with Crippen LogP contribution < -0.4 is 0 Å². The first-order valence-corrected chi connectivity index (χ1v) is 10.9. The number of ether oxygens (including phenoxy) is 2. The number of aromatic nitrogens is 3. The maximum absolute atomic E-state index is 13.3. The fourth-order valence-corrected chi connectivity index (χ4v) is 3.91. The molecule has 10 heteroatoms. The highest BCUT2D eigenvalue weighted by atomic mass is 19.4. The molecule has 1 saturated heterocycles. The smallest absolute Gasteiger partial charge is 0.417 e. The number of carbonyl (C=O) groups excluding carboxylic acids is 1. The van der Waals surface area contributed by atoms with Crippen molar-refractivity contribution in [2.75, 3.05) is 39.5 Å². The lowest BCUT2D eigenvalue weighted by molar-refractivity contribution is -0.150. The lowest BCUT2D eigenvalue weighted by Gasteiger charge is -2.31. The summed E-state index contributed by atoms with van der Waals surface area (Å²) in [6, 6.07) is 5.42. The lowest BCUT2D eigenvalue weighted by Crippen LogP contribution is -2.40. The molecule has 1 aliphatic heterocycles. The number of aryl methyl sites for hydroxylation is 1. The number of hydrogen-bond acceptors (Lipinski definition) is 6. The van der Waals surface area contributed by atoms with Crippen LogP contribution in [0.25, 0.3) is 11.3 Å². The molecular formula is C22H29F3N4O3. The molecule has 1 aromatic heterocycles. The van der Waals surface area contributed by atoms with E-state index >= 15 is 0 Å². The first-order chi connectivity index (χ1) is 15.4. The number of piperidine rings is 1. The summed E-state index contributed by atoms with van der Waals surface area (Å²) in [6.45, 7) is 5.92. The molecule has 1 aliphatic rings. The molecule has 1 unspecified atom stereocenters. The lowest BCUT2D eigenvalue weighted by atomic mass is 9.98. The Bertz CT molecular complexity index is 872. The Labute approximate surface area is 185 Å². The summed E-state index contributed by atoms with van der Waals surface area (Å²) in [7, 11) is 0. The van der Waals surface area contributed by atoms with Crippen LogP contribution in [0.1, 0.15) is 31.7 Å². The average Bonchev–Trinajstić information content (AvgIpc) is 3.24. The number of rotatable bonds is 10. The van der Waals surface area contributed by atoms with E-state index in [4.69, 9.17) is 9.47 Å². The van der Waals surface area contributed by atoms with Crippen molar-refractivity contribution >= 4 is 5.97 Å². The van der Waals surface area contributed by atoms with Gasteiger partial charge < -0.3 is 14.4 Å². The standard InChI is InChI=1S/C22H29F3N4O3/c1-2-32-21(30)17-7-5-10-28(16-17)12-14-31-13-6-11-29-20(15-26-27-29)18-8-3-4-9-19(18)22(23,24)25/h3-4,8-9,15,17H,2,5-7,10-14,16H2,1H3. The molecule has 32 heavy (non-hydrogen) atoms. The number of nitrogens with zero attached hydrogens (tertiary/aromatic N) is 4. The highest BCUT2D eigenvalue weighted by Crippen LogP contribution is 2.36. The molecule has 0 bridgehead atoms. The molecule has 0 amide bonds. The number of hydrogen-bond donors (Lipinski definition) is 0. The van der Waals surface area contributed by atoms with E-state index in [0.29, 0.717) is 45.0 Å². The molecule has 1 fully saturated rings. The van der Waals surface area contributed by atoms with Gasteiger partial charge in [0.15, 0.2) is 0 Å². The topological polar surface area (TPSA) is 69.5 Å². The van der Waals surface area contributed by atoms with E-state index in [1.54, 1.807) is 6.07 Å². The number of likely N-dealkylation sites (tertiary alicyclic amines) is 1.